The number of aryl methyl sites for hydroxylation is 1. The second-order valence-corrected chi connectivity index (χ2v) is 6.78. The molecule has 2 N–H and O–H groups in total. The van der Waals surface area contributed by atoms with Gasteiger partial charge in [-0.25, -0.2) is 0 Å². The van der Waals surface area contributed by atoms with Crippen LogP contribution in [-0.4, -0.2) is 12.1 Å². The lowest BCUT2D eigenvalue weighted by atomic mass is 9.77. The fourth-order valence-corrected chi connectivity index (χ4v) is 3.21. The third kappa shape index (κ3) is 3.66. The van der Waals surface area contributed by atoms with Gasteiger partial charge in [0.25, 0.3) is 0 Å². The molecule has 2 aromatic carbocycles. The van der Waals surface area contributed by atoms with E-state index in [0.29, 0.717) is 6.61 Å². The van der Waals surface area contributed by atoms with E-state index in [9.17, 15) is 0 Å². The summed E-state index contributed by atoms with van der Waals surface area (Å²) in [7, 11) is 0. The molecule has 0 saturated heterocycles. The average Bonchev–Trinajstić information content (AvgIpc) is 2.49. The predicted octanol–water partition coefficient (Wildman–Crippen LogP) is 4.10. The number of fused-ring (bicyclic) bond motifs is 1. The van der Waals surface area contributed by atoms with Crippen molar-refractivity contribution in [2.75, 3.05) is 6.61 Å². The van der Waals surface area contributed by atoms with Gasteiger partial charge >= 0.3 is 0 Å². The van der Waals surface area contributed by atoms with E-state index in [1.165, 1.54) is 11.1 Å². The van der Waals surface area contributed by atoms with Crippen LogP contribution in [0.2, 0.25) is 0 Å². The first kappa shape index (κ1) is 14.6. The van der Waals surface area contributed by atoms with E-state index in [2.05, 4.69) is 40.2 Å². The van der Waals surface area contributed by atoms with Crippen molar-refractivity contribution < 1.29 is 4.74 Å². The molecule has 0 bridgehead atoms. The van der Waals surface area contributed by atoms with Crippen LogP contribution in [0.5, 0.6) is 5.75 Å². The fraction of sp³-hybridized carbons (Fsp3) is 0.333. The summed E-state index contributed by atoms with van der Waals surface area (Å²) in [5, 5.41) is 0. The Morgan fingerprint density at radius 3 is 2.52 bits per heavy atom. The Hall–Kier alpha value is -1.32. The Bertz CT molecular complexity index is 611. The van der Waals surface area contributed by atoms with Crippen LogP contribution in [0.15, 0.2) is 53.0 Å². The Morgan fingerprint density at radius 1 is 1.05 bits per heavy atom. The summed E-state index contributed by atoms with van der Waals surface area (Å²) in [6.45, 7) is 0.667. The van der Waals surface area contributed by atoms with Gasteiger partial charge in [-0.3, -0.25) is 0 Å². The maximum Gasteiger partial charge on any atom is 0.119 e. The molecule has 0 amide bonds. The van der Waals surface area contributed by atoms with Crippen molar-refractivity contribution in [3.63, 3.8) is 0 Å². The van der Waals surface area contributed by atoms with E-state index < -0.39 is 0 Å². The molecule has 21 heavy (non-hydrogen) atoms. The number of nitrogens with two attached hydrogens (primary N) is 1. The van der Waals surface area contributed by atoms with E-state index >= 15 is 0 Å². The lowest BCUT2D eigenvalue weighted by Gasteiger charge is -2.34. The highest BCUT2D eigenvalue weighted by Gasteiger charge is 2.30. The van der Waals surface area contributed by atoms with Gasteiger partial charge in [0, 0.05) is 10.0 Å². The van der Waals surface area contributed by atoms with E-state index in [1.807, 2.05) is 24.3 Å². The summed E-state index contributed by atoms with van der Waals surface area (Å²) in [4.78, 5) is 0. The summed E-state index contributed by atoms with van der Waals surface area (Å²) in [6.07, 6.45) is 3.95. The van der Waals surface area contributed by atoms with Gasteiger partial charge in [0.2, 0.25) is 0 Å². The Morgan fingerprint density at radius 2 is 1.76 bits per heavy atom. The summed E-state index contributed by atoms with van der Waals surface area (Å²) in [6, 6.07) is 16.6. The molecule has 1 aliphatic carbocycles. The number of hydrogen-bond acceptors (Lipinski definition) is 2. The standard InChI is InChI=1S/C18H20BrNO/c19-16-5-7-17(8-6-16)21-12-11-18(20)10-9-14-3-1-2-4-15(14)13-18/h1-8H,9-13,20H2. The molecule has 1 unspecified atom stereocenters. The SMILES string of the molecule is NC1(CCOc2ccc(Br)cc2)CCc2ccccc2C1. The predicted molar refractivity (Wildman–Crippen MR) is 89.6 cm³/mol. The molecular weight excluding hydrogens is 326 g/mol. The number of hydrogen-bond donors (Lipinski definition) is 1. The van der Waals surface area contributed by atoms with E-state index in [1.54, 1.807) is 0 Å². The summed E-state index contributed by atoms with van der Waals surface area (Å²) < 4.78 is 6.88. The Balaban J connectivity index is 1.57. The molecule has 2 nitrogen and oxygen atoms in total. The maximum absolute atomic E-state index is 6.57. The third-order valence-electron chi connectivity index (χ3n) is 4.24. The minimum Gasteiger partial charge on any atom is -0.494 e. The zero-order valence-electron chi connectivity index (χ0n) is 12.0. The lowest BCUT2D eigenvalue weighted by Crippen LogP contribution is -2.46. The normalized spacial score (nSPS) is 20.9. The molecule has 2 aromatic rings. The molecule has 0 spiro atoms. The van der Waals surface area contributed by atoms with E-state index in [4.69, 9.17) is 10.5 Å². The van der Waals surface area contributed by atoms with Gasteiger partial charge in [0.1, 0.15) is 5.75 Å². The van der Waals surface area contributed by atoms with Crippen LogP contribution in [0.25, 0.3) is 0 Å². The number of rotatable bonds is 4. The first-order chi connectivity index (χ1) is 10.1. The molecule has 1 aliphatic rings. The molecule has 0 radical (unpaired) electrons. The first-order valence-electron chi connectivity index (χ1n) is 7.39. The molecular formula is C18H20BrNO. The van der Waals surface area contributed by atoms with Gasteiger partial charge in [-0.1, -0.05) is 40.2 Å². The van der Waals surface area contributed by atoms with Crippen molar-refractivity contribution in [1.82, 2.24) is 0 Å². The van der Waals surface area contributed by atoms with Crippen molar-refractivity contribution in [3.05, 3.63) is 64.1 Å². The van der Waals surface area contributed by atoms with Crippen LogP contribution in [0.1, 0.15) is 24.0 Å². The molecule has 0 heterocycles. The Labute approximate surface area is 134 Å². The minimum atomic E-state index is -0.135. The van der Waals surface area contributed by atoms with Crippen LogP contribution in [0.3, 0.4) is 0 Å². The van der Waals surface area contributed by atoms with Crippen molar-refractivity contribution >= 4 is 15.9 Å². The molecule has 0 fully saturated rings. The third-order valence-corrected chi connectivity index (χ3v) is 4.76. The molecule has 0 saturated carbocycles. The van der Waals surface area contributed by atoms with Crippen molar-refractivity contribution in [1.29, 1.82) is 0 Å². The highest BCUT2D eigenvalue weighted by Crippen LogP contribution is 2.29. The van der Waals surface area contributed by atoms with Gasteiger partial charge in [-0.15, -0.1) is 0 Å². The monoisotopic (exact) mass is 345 g/mol. The second kappa shape index (κ2) is 6.20. The largest absolute Gasteiger partial charge is 0.494 e. The first-order valence-corrected chi connectivity index (χ1v) is 8.18. The van der Waals surface area contributed by atoms with Gasteiger partial charge in [0.15, 0.2) is 0 Å². The highest BCUT2D eigenvalue weighted by atomic mass is 79.9. The van der Waals surface area contributed by atoms with Crippen LogP contribution in [0, 0.1) is 0 Å². The molecule has 110 valence electrons. The van der Waals surface area contributed by atoms with E-state index in [-0.39, 0.29) is 5.54 Å². The quantitative estimate of drug-likeness (QED) is 0.905. The van der Waals surface area contributed by atoms with Crippen molar-refractivity contribution in [2.45, 2.75) is 31.2 Å². The van der Waals surface area contributed by atoms with Gasteiger partial charge in [0.05, 0.1) is 6.61 Å². The smallest absolute Gasteiger partial charge is 0.119 e. The summed E-state index contributed by atoms with van der Waals surface area (Å²) in [5.74, 6) is 0.901. The lowest BCUT2D eigenvalue weighted by molar-refractivity contribution is 0.241. The highest BCUT2D eigenvalue weighted by molar-refractivity contribution is 9.10. The van der Waals surface area contributed by atoms with Gasteiger partial charge < -0.3 is 10.5 Å². The molecule has 0 aliphatic heterocycles. The van der Waals surface area contributed by atoms with E-state index in [0.717, 1.165) is 35.9 Å². The van der Waals surface area contributed by atoms with Crippen LogP contribution >= 0.6 is 15.9 Å². The number of halogens is 1. The zero-order chi connectivity index (χ0) is 14.7. The van der Waals surface area contributed by atoms with Gasteiger partial charge in [-0.2, -0.15) is 0 Å². The van der Waals surface area contributed by atoms with Crippen molar-refractivity contribution in [2.24, 2.45) is 5.73 Å². The molecule has 3 rings (SSSR count). The maximum atomic E-state index is 6.57. The van der Waals surface area contributed by atoms with Crippen LogP contribution < -0.4 is 10.5 Å². The van der Waals surface area contributed by atoms with Crippen LogP contribution in [0.4, 0.5) is 0 Å². The van der Waals surface area contributed by atoms with Crippen LogP contribution in [-0.2, 0) is 12.8 Å². The second-order valence-electron chi connectivity index (χ2n) is 5.86. The summed E-state index contributed by atoms with van der Waals surface area (Å²) >= 11 is 3.42. The average molecular weight is 346 g/mol. The number of benzene rings is 2. The zero-order valence-corrected chi connectivity index (χ0v) is 13.6. The topological polar surface area (TPSA) is 35.2 Å². The number of ether oxygens (including phenoxy) is 1. The van der Waals surface area contributed by atoms with Crippen molar-refractivity contribution in [3.8, 4) is 5.75 Å². The summed E-state index contributed by atoms with van der Waals surface area (Å²) in [5.41, 5.74) is 9.29. The fourth-order valence-electron chi connectivity index (χ4n) is 2.94. The molecule has 3 heteroatoms. The molecule has 0 aromatic heterocycles. The molecule has 1 atom stereocenters. The Kier molecular flexibility index (Phi) is 4.32. The minimum absolute atomic E-state index is 0.135. The van der Waals surface area contributed by atoms with Gasteiger partial charge in [-0.05, 0) is 61.1 Å².